The van der Waals surface area contributed by atoms with E-state index in [1.54, 1.807) is 6.26 Å². The van der Waals surface area contributed by atoms with E-state index in [0.717, 1.165) is 28.2 Å². The van der Waals surface area contributed by atoms with Crippen LogP contribution in [-0.4, -0.2) is 40.8 Å². The van der Waals surface area contributed by atoms with Crippen LogP contribution in [0.4, 0.5) is 11.4 Å². The van der Waals surface area contributed by atoms with Crippen molar-refractivity contribution in [2.24, 2.45) is 5.10 Å². The van der Waals surface area contributed by atoms with Gasteiger partial charge in [-0.25, -0.2) is 9.22 Å². The number of hydrazone groups is 1. The normalized spacial score (nSPS) is 16.5. The van der Waals surface area contributed by atoms with Gasteiger partial charge < -0.3 is 15.2 Å². The molecule has 0 bridgehead atoms. The van der Waals surface area contributed by atoms with Crippen molar-refractivity contribution in [1.82, 2.24) is 5.01 Å². The van der Waals surface area contributed by atoms with E-state index in [9.17, 15) is 9.00 Å². The fraction of sp³-hybridized carbons (Fsp3) is 0.333. The zero-order valence-electron chi connectivity index (χ0n) is 17.3. The van der Waals surface area contributed by atoms with Gasteiger partial charge in [-0.05, 0) is 29.3 Å². The molecule has 2 aromatic carbocycles. The first-order valence-electron chi connectivity index (χ1n) is 9.49. The average molecular weight is 418 g/mol. The molecule has 29 heavy (non-hydrogen) atoms. The summed E-state index contributed by atoms with van der Waals surface area (Å²) in [5.74, 6) is -0.188. The molecule has 156 valence electrons. The number of rotatable bonds is 6. The predicted octanol–water partition coefficient (Wildman–Crippen LogP) is 2.62. The van der Waals surface area contributed by atoms with Crippen LogP contribution in [0.2, 0.25) is 0 Å². The maximum atomic E-state index is 12.5. The number of hydrogen-bond donors (Lipinski definition) is 2. The second kappa shape index (κ2) is 10.8. The minimum Gasteiger partial charge on any atom is -0.375 e. The van der Waals surface area contributed by atoms with Crippen molar-refractivity contribution in [3.05, 3.63) is 59.7 Å². The Morgan fingerprint density at radius 2 is 1.97 bits per heavy atom. The van der Waals surface area contributed by atoms with E-state index in [1.165, 1.54) is 12.1 Å². The van der Waals surface area contributed by atoms with Gasteiger partial charge in [-0.2, -0.15) is 5.10 Å². The minimum atomic E-state index is -1.13. The van der Waals surface area contributed by atoms with Crippen LogP contribution in [-0.2, 0) is 20.5 Å². The van der Waals surface area contributed by atoms with E-state index in [-0.39, 0.29) is 18.6 Å². The molecule has 0 aliphatic carbocycles. The highest BCUT2D eigenvalue weighted by Gasteiger charge is 2.33. The van der Waals surface area contributed by atoms with Gasteiger partial charge in [-0.15, -0.1) is 0 Å². The summed E-state index contributed by atoms with van der Waals surface area (Å²) in [6.45, 7) is 3.97. The van der Waals surface area contributed by atoms with E-state index < -0.39 is 11.0 Å². The molecule has 0 radical (unpaired) electrons. The number of anilines is 1. The number of hydrogen-bond acceptors (Lipinski definition) is 4. The summed E-state index contributed by atoms with van der Waals surface area (Å²) in [5, 5.41) is 6.08. The van der Waals surface area contributed by atoms with Crippen molar-refractivity contribution in [3.8, 4) is 0 Å². The summed E-state index contributed by atoms with van der Waals surface area (Å²) in [6.07, 6.45) is 2.18. The quantitative estimate of drug-likeness (QED) is 0.756. The molecule has 2 aromatic rings. The van der Waals surface area contributed by atoms with Crippen LogP contribution in [0.1, 0.15) is 37.4 Å². The average Bonchev–Trinajstić information content (AvgIpc) is 3.15. The first-order chi connectivity index (χ1) is 14.0. The molecule has 0 spiro atoms. The summed E-state index contributed by atoms with van der Waals surface area (Å²) >= 11 is 0. The summed E-state index contributed by atoms with van der Waals surface area (Å²) in [7, 11) is 0.368. The van der Waals surface area contributed by atoms with Gasteiger partial charge in [0.05, 0.1) is 11.8 Å². The molecule has 0 saturated heterocycles. The number of benzene rings is 2. The van der Waals surface area contributed by atoms with Gasteiger partial charge in [-0.3, -0.25) is 4.79 Å². The monoisotopic (exact) mass is 417 g/mol. The first-order valence-corrected chi connectivity index (χ1v) is 11.0. The van der Waals surface area contributed by atoms with Crippen LogP contribution in [0.25, 0.3) is 0 Å². The van der Waals surface area contributed by atoms with E-state index in [1.807, 2.05) is 62.4 Å². The molecule has 8 heteroatoms. The number of methoxy groups -OCH3 is 1. The SMILES string of the molecule is CC.COCC(=O)N1N=C(c2ccc(NS(C)=O)cc2)CC1c1cccc([NH3+])c1. The highest BCUT2D eigenvalue weighted by atomic mass is 32.2. The standard InChI is InChI=1S/C19H22N4O3S.C2H6/c1-26-12-19(24)23-18(14-4-3-5-15(20)10-14)11-17(21-23)13-6-8-16(9-7-13)22-27(2)25;1-2/h3-10,18,22H,11-12,20H2,1-2H3;1-2H3/p+1. The Hall–Kier alpha value is -2.55. The highest BCUT2D eigenvalue weighted by Crippen LogP contribution is 2.33. The van der Waals surface area contributed by atoms with Crippen LogP contribution < -0.4 is 10.5 Å². The smallest absolute Gasteiger partial charge is 0.269 e. The van der Waals surface area contributed by atoms with Crippen molar-refractivity contribution >= 4 is 34.0 Å². The van der Waals surface area contributed by atoms with Crippen molar-refractivity contribution < 1.29 is 19.5 Å². The Kier molecular flexibility index (Phi) is 8.50. The summed E-state index contributed by atoms with van der Waals surface area (Å²) in [6, 6.07) is 15.1. The Balaban J connectivity index is 0.00000145. The summed E-state index contributed by atoms with van der Waals surface area (Å²) in [4.78, 5) is 12.5. The van der Waals surface area contributed by atoms with Crippen molar-refractivity contribution in [2.75, 3.05) is 24.7 Å². The van der Waals surface area contributed by atoms with Crippen molar-refractivity contribution in [2.45, 2.75) is 26.3 Å². The largest absolute Gasteiger partial charge is 0.375 e. The number of quaternary nitrogens is 1. The number of nitrogens with zero attached hydrogens (tertiary/aromatic N) is 2. The van der Waals surface area contributed by atoms with Crippen LogP contribution in [0.15, 0.2) is 53.6 Å². The Morgan fingerprint density at radius 3 is 2.55 bits per heavy atom. The molecule has 1 aliphatic rings. The fourth-order valence-electron chi connectivity index (χ4n) is 3.06. The topological polar surface area (TPSA) is 98.6 Å². The summed E-state index contributed by atoms with van der Waals surface area (Å²) in [5.41, 5.74) is 8.37. The fourth-order valence-corrected chi connectivity index (χ4v) is 3.53. The molecule has 0 saturated carbocycles. The zero-order chi connectivity index (χ0) is 21.4. The Morgan fingerprint density at radius 1 is 1.28 bits per heavy atom. The third kappa shape index (κ3) is 5.96. The zero-order valence-corrected chi connectivity index (χ0v) is 18.2. The Bertz CT molecular complexity index is 884. The lowest BCUT2D eigenvalue weighted by Crippen LogP contribution is -2.40. The highest BCUT2D eigenvalue weighted by molar-refractivity contribution is 7.85. The number of carbonyl (C=O) groups excluding carboxylic acids is 1. The number of ether oxygens (including phenoxy) is 1. The molecule has 1 amide bonds. The number of carbonyl (C=O) groups is 1. The molecule has 1 aliphatic heterocycles. The molecule has 7 nitrogen and oxygen atoms in total. The van der Waals surface area contributed by atoms with Gasteiger partial charge >= 0.3 is 0 Å². The lowest BCUT2D eigenvalue weighted by Gasteiger charge is -2.21. The number of nitrogens with one attached hydrogen (secondary N) is 1. The first kappa shape index (κ1) is 22.7. The Labute approximate surface area is 174 Å². The van der Waals surface area contributed by atoms with E-state index in [2.05, 4.69) is 15.6 Å². The van der Waals surface area contributed by atoms with Gasteiger partial charge in [0.25, 0.3) is 5.91 Å². The van der Waals surface area contributed by atoms with Gasteiger partial charge in [0.2, 0.25) is 0 Å². The molecule has 4 N–H and O–H groups in total. The molecule has 0 aromatic heterocycles. The molecular formula is C21H29N4O3S+. The lowest BCUT2D eigenvalue weighted by molar-refractivity contribution is -0.254. The van der Waals surface area contributed by atoms with Crippen molar-refractivity contribution in [1.29, 1.82) is 0 Å². The molecule has 2 atom stereocenters. The van der Waals surface area contributed by atoms with Gasteiger partial charge in [0.1, 0.15) is 23.3 Å². The third-order valence-corrected chi connectivity index (χ3v) is 4.77. The second-order valence-electron chi connectivity index (χ2n) is 6.32. The minimum absolute atomic E-state index is 0.0253. The van der Waals surface area contributed by atoms with E-state index in [0.29, 0.717) is 6.42 Å². The number of amides is 1. The maximum absolute atomic E-state index is 12.5. The van der Waals surface area contributed by atoms with Crippen LogP contribution in [0.5, 0.6) is 0 Å². The van der Waals surface area contributed by atoms with Gasteiger partial charge in [0.15, 0.2) is 0 Å². The molecule has 1 heterocycles. The lowest BCUT2D eigenvalue weighted by atomic mass is 9.98. The summed E-state index contributed by atoms with van der Waals surface area (Å²) < 4.78 is 19.1. The van der Waals surface area contributed by atoms with Crippen molar-refractivity contribution in [3.63, 3.8) is 0 Å². The molecular weight excluding hydrogens is 388 g/mol. The van der Waals surface area contributed by atoms with Gasteiger partial charge in [-0.1, -0.05) is 38.1 Å². The third-order valence-electron chi connectivity index (χ3n) is 4.25. The van der Waals surface area contributed by atoms with Crippen LogP contribution in [0, 0.1) is 0 Å². The molecule has 0 fully saturated rings. The predicted molar refractivity (Wildman–Crippen MR) is 117 cm³/mol. The maximum Gasteiger partial charge on any atom is 0.269 e. The van der Waals surface area contributed by atoms with Crippen LogP contribution >= 0.6 is 0 Å². The van der Waals surface area contributed by atoms with Gasteiger partial charge in [0, 0.05) is 31.5 Å². The molecule has 2 unspecified atom stereocenters. The molecule has 3 rings (SSSR count). The van der Waals surface area contributed by atoms with E-state index in [4.69, 9.17) is 4.74 Å². The van der Waals surface area contributed by atoms with Crippen LogP contribution in [0.3, 0.4) is 0 Å². The second-order valence-corrected chi connectivity index (χ2v) is 7.43. The van der Waals surface area contributed by atoms with E-state index >= 15 is 0 Å².